The molecule has 0 aromatic heterocycles. The van der Waals surface area contributed by atoms with Gasteiger partial charge in [0.05, 0.1) is 6.10 Å². The Morgan fingerprint density at radius 1 is 1.14 bits per heavy atom. The zero-order valence-corrected chi connectivity index (χ0v) is 27.1. The lowest BCUT2D eigenvalue weighted by Gasteiger charge is -2.41. The van der Waals surface area contributed by atoms with Crippen molar-refractivity contribution in [1.82, 2.24) is 0 Å². The lowest BCUT2D eigenvalue weighted by molar-refractivity contribution is 0.0559. The first-order valence-corrected chi connectivity index (χ1v) is 17.0. The van der Waals surface area contributed by atoms with Crippen LogP contribution in [0, 0.1) is 20.8 Å². The largest absolute Gasteiger partial charge is 0.543 e. The molecule has 0 saturated heterocycles. The van der Waals surface area contributed by atoms with Gasteiger partial charge >= 0.3 is 0 Å². The second kappa shape index (κ2) is 10.9. The van der Waals surface area contributed by atoms with E-state index >= 15 is 0 Å². The molecular formula is C30H51BrO3Si. The number of rotatable bonds is 9. The lowest BCUT2D eigenvalue weighted by atomic mass is 9.85. The highest BCUT2D eigenvalue weighted by atomic mass is 79.9. The number of hydrogen-bond acceptors (Lipinski definition) is 3. The average molecular weight is 568 g/mol. The molecule has 0 aliphatic carbocycles. The summed E-state index contributed by atoms with van der Waals surface area (Å²) < 4.78 is 13.4. The van der Waals surface area contributed by atoms with E-state index in [1.54, 1.807) is 0 Å². The van der Waals surface area contributed by atoms with E-state index in [9.17, 15) is 5.11 Å². The van der Waals surface area contributed by atoms with Gasteiger partial charge in [0.15, 0.2) is 0 Å². The standard InChI is InChI=1S/C30H51BrO3Si/c1-20(15-16-25(32)29(8,9)31)14-13-18-30(10)19-17-24-23(4)26(21(2)22(3)27(24)33-30)34-35(11,12)28(5,6)7/h14,25,32H,13,15-19H2,1-12H3/b20-14+/t25?,30-/m1/s1. The molecule has 0 fully saturated rings. The molecule has 0 radical (unpaired) electrons. The molecule has 200 valence electrons. The molecule has 0 bridgehead atoms. The van der Waals surface area contributed by atoms with E-state index in [4.69, 9.17) is 9.16 Å². The van der Waals surface area contributed by atoms with E-state index in [0.717, 1.165) is 50.0 Å². The summed E-state index contributed by atoms with van der Waals surface area (Å²) in [5, 5.41) is 10.5. The van der Waals surface area contributed by atoms with Crippen molar-refractivity contribution >= 4 is 24.2 Å². The van der Waals surface area contributed by atoms with E-state index < -0.39 is 8.32 Å². The molecule has 3 nitrogen and oxygen atoms in total. The van der Waals surface area contributed by atoms with Crippen molar-refractivity contribution in [3.05, 3.63) is 33.9 Å². The van der Waals surface area contributed by atoms with E-state index in [1.807, 2.05) is 13.8 Å². The molecule has 1 unspecified atom stereocenters. The highest BCUT2D eigenvalue weighted by molar-refractivity contribution is 9.10. The van der Waals surface area contributed by atoms with E-state index in [2.05, 4.69) is 90.5 Å². The third-order valence-electron chi connectivity index (χ3n) is 8.50. The number of fused-ring (bicyclic) bond motifs is 1. The summed E-state index contributed by atoms with van der Waals surface area (Å²) in [6.45, 7) is 26.6. The Balaban J connectivity index is 2.15. The molecule has 0 saturated carbocycles. The smallest absolute Gasteiger partial charge is 0.250 e. The van der Waals surface area contributed by atoms with Crippen LogP contribution in [0.2, 0.25) is 18.1 Å². The van der Waals surface area contributed by atoms with Crippen LogP contribution in [0.15, 0.2) is 11.6 Å². The number of alkyl halides is 1. The Morgan fingerprint density at radius 3 is 2.29 bits per heavy atom. The van der Waals surface area contributed by atoms with Gasteiger partial charge in [-0.1, -0.05) is 48.4 Å². The Hall–Kier alpha value is -0.783. The molecule has 2 atom stereocenters. The minimum atomic E-state index is -1.92. The molecule has 0 spiro atoms. The number of aliphatic hydroxyl groups excluding tert-OH is 1. The fourth-order valence-electron chi connectivity index (χ4n) is 4.45. The average Bonchev–Trinajstić information content (AvgIpc) is 2.71. The van der Waals surface area contributed by atoms with Crippen LogP contribution in [-0.2, 0) is 6.42 Å². The van der Waals surface area contributed by atoms with Gasteiger partial charge in [0, 0.05) is 9.89 Å². The molecule has 2 rings (SSSR count). The molecule has 1 N–H and O–H groups in total. The maximum absolute atomic E-state index is 10.3. The second-order valence-electron chi connectivity index (χ2n) is 13.1. The van der Waals surface area contributed by atoms with Crippen LogP contribution < -0.4 is 9.16 Å². The van der Waals surface area contributed by atoms with Gasteiger partial charge in [0.25, 0.3) is 8.32 Å². The SMILES string of the molecule is C/C(=C\CC[C@]1(C)CCc2c(C)c(O[Si](C)(C)C(C)(C)C)c(C)c(C)c2O1)CCC(O)C(C)(C)Br. The van der Waals surface area contributed by atoms with Gasteiger partial charge in [-0.05, 0) is 122 Å². The van der Waals surface area contributed by atoms with Crippen molar-refractivity contribution in [3.8, 4) is 11.5 Å². The van der Waals surface area contributed by atoms with Gasteiger partial charge in [-0.2, -0.15) is 0 Å². The zero-order valence-electron chi connectivity index (χ0n) is 24.5. The Kier molecular flexibility index (Phi) is 9.49. The molecule has 1 heterocycles. The fourth-order valence-corrected chi connectivity index (χ4v) is 5.80. The van der Waals surface area contributed by atoms with Gasteiger partial charge < -0.3 is 14.3 Å². The number of ether oxygens (including phenoxy) is 1. The second-order valence-corrected chi connectivity index (χ2v) is 19.9. The number of halogens is 1. The molecule has 0 amide bonds. The van der Waals surface area contributed by atoms with E-state index in [-0.39, 0.29) is 21.1 Å². The topological polar surface area (TPSA) is 38.7 Å². The lowest BCUT2D eigenvalue weighted by Crippen LogP contribution is -2.44. The summed E-state index contributed by atoms with van der Waals surface area (Å²) in [6, 6.07) is 0. The fraction of sp³-hybridized carbons (Fsp3) is 0.733. The van der Waals surface area contributed by atoms with Crippen molar-refractivity contribution in [2.75, 3.05) is 0 Å². The first kappa shape index (κ1) is 30.4. The number of aliphatic hydroxyl groups is 1. The van der Waals surface area contributed by atoms with Crippen molar-refractivity contribution in [3.63, 3.8) is 0 Å². The van der Waals surface area contributed by atoms with Crippen molar-refractivity contribution in [2.45, 2.75) is 142 Å². The first-order valence-electron chi connectivity index (χ1n) is 13.3. The monoisotopic (exact) mass is 566 g/mol. The van der Waals surface area contributed by atoms with Crippen molar-refractivity contribution in [2.24, 2.45) is 0 Å². The van der Waals surface area contributed by atoms with Crippen LogP contribution in [-0.4, -0.2) is 29.5 Å². The van der Waals surface area contributed by atoms with Crippen molar-refractivity contribution < 1.29 is 14.3 Å². The number of benzene rings is 1. The summed E-state index contributed by atoms with van der Waals surface area (Å²) in [5.74, 6) is 2.17. The quantitative estimate of drug-likeness (QED) is 0.184. The van der Waals surface area contributed by atoms with Gasteiger partial charge in [0.1, 0.15) is 17.1 Å². The molecule has 1 aromatic rings. The van der Waals surface area contributed by atoms with Gasteiger partial charge in [-0.25, -0.2) is 0 Å². The number of allylic oxidation sites excluding steroid dienone is 2. The predicted octanol–water partition coefficient (Wildman–Crippen LogP) is 9.12. The molecule has 1 aliphatic rings. The van der Waals surface area contributed by atoms with Crippen LogP contribution in [0.25, 0.3) is 0 Å². The minimum absolute atomic E-state index is 0.160. The highest BCUT2D eigenvalue weighted by Gasteiger charge is 2.41. The van der Waals surface area contributed by atoms with Crippen LogP contribution in [0.4, 0.5) is 0 Å². The number of hydrogen-bond donors (Lipinski definition) is 1. The van der Waals surface area contributed by atoms with E-state index in [0.29, 0.717) is 0 Å². The molecular weight excluding hydrogens is 516 g/mol. The maximum Gasteiger partial charge on any atom is 0.250 e. The Morgan fingerprint density at radius 2 is 1.74 bits per heavy atom. The van der Waals surface area contributed by atoms with Crippen LogP contribution in [0.3, 0.4) is 0 Å². The Labute approximate surface area is 225 Å². The third kappa shape index (κ3) is 7.38. The summed E-state index contributed by atoms with van der Waals surface area (Å²) in [5.41, 5.74) is 6.22. The van der Waals surface area contributed by atoms with Crippen LogP contribution in [0.5, 0.6) is 11.5 Å². The highest BCUT2D eigenvalue weighted by Crippen LogP contribution is 2.47. The van der Waals surface area contributed by atoms with Crippen molar-refractivity contribution in [1.29, 1.82) is 0 Å². The van der Waals surface area contributed by atoms with Gasteiger partial charge in [-0.15, -0.1) is 0 Å². The summed E-state index contributed by atoms with van der Waals surface area (Å²) in [6.07, 6.45) is 7.72. The van der Waals surface area contributed by atoms with Crippen LogP contribution in [0.1, 0.15) is 103 Å². The molecule has 1 aliphatic heterocycles. The summed E-state index contributed by atoms with van der Waals surface area (Å²) >= 11 is 3.57. The Bertz CT molecular complexity index is 937. The third-order valence-corrected chi connectivity index (χ3v) is 13.4. The van der Waals surface area contributed by atoms with Gasteiger partial charge in [-0.3, -0.25) is 0 Å². The molecule has 35 heavy (non-hydrogen) atoms. The van der Waals surface area contributed by atoms with Crippen LogP contribution >= 0.6 is 15.9 Å². The molecule has 1 aromatic carbocycles. The summed E-state index contributed by atoms with van der Waals surface area (Å²) in [7, 11) is -1.92. The minimum Gasteiger partial charge on any atom is -0.543 e. The van der Waals surface area contributed by atoms with Gasteiger partial charge in [0.2, 0.25) is 0 Å². The maximum atomic E-state index is 10.3. The summed E-state index contributed by atoms with van der Waals surface area (Å²) in [4.78, 5) is 0. The first-order chi connectivity index (χ1) is 15.8. The molecule has 5 heteroatoms. The van der Waals surface area contributed by atoms with E-state index in [1.165, 1.54) is 27.8 Å². The zero-order chi connectivity index (χ0) is 27.0. The normalized spacial score (nSPS) is 20.3. The predicted molar refractivity (Wildman–Crippen MR) is 157 cm³/mol.